The average molecular weight is 194 g/mol. The molecule has 4 heteroatoms. The molecule has 76 valence electrons. The molecular formula is C10H14N2O2. The van der Waals surface area contributed by atoms with Crippen molar-refractivity contribution >= 4 is 5.91 Å². The first-order valence-corrected chi connectivity index (χ1v) is 4.40. The van der Waals surface area contributed by atoms with E-state index in [1.165, 1.54) is 0 Å². The second-order valence-electron chi connectivity index (χ2n) is 3.15. The van der Waals surface area contributed by atoms with Crippen LogP contribution in [0.5, 0.6) is 0 Å². The number of benzene rings is 1. The lowest BCUT2D eigenvalue weighted by atomic mass is 9.97. The molecule has 0 aliphatic carbocycles. The molecule has 2 atom stereocenters. The summed E-state index contributed by atoms with van der Waals surface area (Å²) in [5.41, 5.74) is 2.73. The van der Waals surface area contributed by atoms with E-state index in [9.17, 15) is 9.90 Å². The highest BCUT2D eigenvalue weighted by Gasteiger charge is 2.22. The van der Waals surface area contributed by atoms with Crippen LogP contribution in [0.4, 0.5) is 0 Å². The fourth-order valence-corrected chi connectivity index (χ4v) is 1.21. The van der Waals surface area contributed by atoms with Gasteiger partial charge in [-0.05, 0) is 5.56 Å². The van der Waals surface area contributed by atoms with E-state index in [2.05, 4.69) is 0 Å². The summed E-state index contributed by atoms with van der Waals surface area (Å²) in [5.74, 6) is 4.05. The highest BCUT2D eigenvalue weighted by atomic mass is 16.3. The summed E-state index contributed by atoms with van der Waals surface area (Å²) in [7, 11) is 0. The first-order chi connectivity index (χ1) is 6.66. The number of hydrogen-bond donors (Lipinski definition) is 3. The van der Waals surface area contributed by atoms with Gasteiger partial charge in [0.2, 0.25) is 5.91 Å². The van der Waals surface area contributed by atoms with Gasteiger partial charge in [-0.2, -0.15) is 0 Å². The van der Waals surface area contributed by atoms with E-state index in [-0.39, 0.29) is 5.91 Å². The predicted molar refractivity (Wildman–Crippen MR) is 52.9 cm³/mol. The highest BCUT2D eigenvalue weighted by Crippen LogP contribution is 2.20. The number of aliphatic hydroxyl groups excluding tert-OH is 1. The minimum Gasteiger partial charge on any atom is -0.388 e. The van der Waals surface area contributed by atoms with Crippen LogP contribution in [0, 0.1) is 5.92 Å². The molecule has 4 N–H and O–H groups in total. The Hall–Kier alpha value is -1.39. The Morgan fingerprint density at radius 1 is 1.43 bits per heavy atom. The number of hydrogen-bond acceptors (Lipinski definition) is 3. The topological polar surface area (TPSA) is 75.4 Å². The molecule has 0 spiro atoms. The zero-order valence-corrected chi connectivity index (χ0v) is 7.97. The third-order valence-corrected chi connectivity index (χ3v) is 2.17. The lowest BCUT2D eigenvalue weighted by molar-refractivity contribution is -0.128. The van der Waals surface area contributed by atoms with Crippen LogP contribution in [0.1, 0.15) is 18.6 Å². The third kappa shape index (κ3) is 2.31. The van der Waals surface area contributed by atoms with Gasteiger partial charge < -0.3 is 5.11 Å². The van der Waals surface area contributed by atoms with Crippen molar-refractivity contribution in [2.75, 3.05) is 0 Å². The van der Waals surface area contributed by atoms with Crippen LogP contribution in [0.15, 0.2) is 30.3 Å². The molecule has 0 saturated carbocycles. The van der Waals surface area contributed by atoms with Gasteiger partial charge in [0.15, 0.2) is 0 Å². The molecule has 4 nitrogen and oxygen atoms in total. The summed E-state index contributed by atoms with van der Waals surface area (Å²) >= 11 is 0. The normalized spacial score (nSPS) is 14.5. The van der Waals surface area contributed by atoms with Crippen LogP contribution in [-0.2, 0) is 4.79 Å². The van der Waals surface area contributed by atoms with E-state index in [1.54, 1.807) is 19.1 Å². The number of carbonyl (C=O) groups excluding carboxylic acids is 1. The molecular weight excluding hydrogens is 180 g/mol. The minimum absolute atomic E-state index is 0.374. The number of nitrogens with one attached hydrogen (secondary N) is 1. The lowest BCUT2D eigenvalue weighted by Gasteiger charge is -2.17. The zero-order chi connectivity index (χ0) is 10.6. The van der Waals surface area contributed by atoms with E-state index < -0.39 is 12.0 Å². The predicted octanol–water partition coefficient (Wildman–Crippen LogP) is 0.346. The van der Waals surface area contributed by atoms with Gasteiger partial charge in [-0.1, -0.05) is 37.3 Å². The van der Waals surface area contributed by atoms with Gasteiger partial charge in [-0.25, -0.2) is 5.84 Å². The summed E-state index contributed by atoms with van der Waals surface area (Å²) < 4.78 is 0. The molecule has 0 aliphatic heterocycles. The maximum absolute atomic E-state index is 11.1. The number of amides is 1. The van der Waals surface area contributed by atoms with Gasteiger partial charge in [0.1, 0.15) is 0 Å². The monoisotopic (exact) mass is 194 g/mol. The SMILES string of the molecule is C[C@@H](C(=O)NN)[C@H](O)c1ccccc1. The molecule has 1 aromatic rings. The van der Waals surface area contributed by atoms with Crippen LogP contribution in [0.3, 0.4) is 0 Å². The van der Waals surface area contributed by atoms with Gasteiger partial charge in [0, 0.05) is 0 Å². The van der Waals surface area contributed by atoms with Gasteiger partial charge in [0.25, 0.3) is 0 Å². The largest absolute Gasteiger partial charge is 0.388 e. The van der Waals surface area contributed by atoms with Gasteiger partial charge in [-0.3, -0.25) is 10.2 Å². The molecule has 0 radical (unpaired) electrons. The van der Waals surface area contributed by atoms with Crippen molar-refractivity contribution in [3.05, 3.63) is 35.9 Å². The van der Waals surface area contributed by atoms with Crippen LogP contribution < -0.4 is 11.3 Å². The Morgan fingerprint density at radius 2 is 2.00 bits per heavy atom. The second kappa shape index (κ2) is 4.74. The summed E-state index contributed by atoms with van der Waals surface area (Å²) in [6.07, 6.45) is -0.820. The molecule has 1 amide bonds. The Balaban J connectivity index is 2.75. The summed E-state index contributed by atoms with van der Waals surface area (Å²) in [6.45, 7) is 1.62. The number of nitrogens with two attached hydrogens (primary N) is 1. The number of carbonyl (C=O) groups is 1. The minimum atomic E-state index is -0.820. The third-order valence-electron chi connectivity index (χ3n) is 2.17. The summed E-state index contributed by atoms with van der Waals surface area (Å²) in [5, 5.41) is 9.77. The van der Waals surface area contributed by atoms with E-state index in [0.29, 0.717) is 5.56 Å². The van der Waals surface area contributed by atoms with Gasteiger partial charge in [-0.15, -0.1) is 0 Å². The van der Waals surface area contributed by atoms with Crippen LogP contribution in [-0.4, -0.2) is 11.0 Å². The van der Waals surface area contributed by atoms with Crippen molar-refractivity contribution in [2.45, 2.75) is 13.0 Å². The fraction of sp³-hybridized carbons (Fsp3) is 0.300. The molecule has 0 saturated heterocycles. The van der Waals surface area contributed by atoms with E-state index in [1.807, 2.05) is 23.6 Å². The van der Waals surface area contributed by atoms with E-state index >= 15 is 0 Å². The van der Waals surface area contributed by atoms with Crippen LogP contribution in [0.25, 0.3) is 0 Å². The summed E-state index contributed by atoms with van der Waals surface area (Å²) in [4.78, 5) is 11.1. The zero-order valence-electron chi connectivity index (χ0n) is 7.97. The number of hydrazine groups is 1. The second-order valence-corrected chi connectivity index (χ2v) is 3.15. The molecule has 0 unspecified atom stereocenters. The molecule has 1 aromatic carbocycles. The van der Waals surface area contributed by atoms with Crippen molar-refractivity contribution in [2.24, 2.45) is 11.8 Å². The maximum Gasteiger partial charge on any atom is 0.239 e. The standard InChI is InChI=1S/C10H14N2O2/c1-7(10(14)12-11)9(13)8-5-3-2-4-6-8/h2-7,9,13H,11H2,1H3,(H,12,14)/t7-,9+/m1/s1. The molecule has 0 fully saturated rings. The quantitative estimate of drug-likeness (QED) is 0.369. The number of rotatable bonds is 3. The van der Waals surface area contributed by atoms with Gasteiger partial charge >= 0.3 is 0 Å². The Labute approximate surface area is 82.7 Å². The molecule has 14 heavy (non-hydrogen) atoms. The van der Waals surface area contributed by atoms with Crippen molar-refractivity contribution in [3.8, 4) is 0 Å². The average Bonchev–Trinajstić information content (AvgIpc) is 2.27. The smallest absolute Gasteiger partial charge is 0.239 e. The maximum atomic E-state index is 11.1. The molecule has 0 bridgehead atoms. The van der Waals surface area contributed by atoms with Crippen LogP contribution in [0.2, 0.25) is 0 Å². The molecule has 1 rings (SSSR count). The number of aliphatic hydroxyl groups is 1. The molecule has 0 heterocycles. The fourth-order valence-electron chi connectivity index (χ4n) is 1.21. The van der Waals surface area contributed by atoms with Crippen molar-refractivity contribution < 1.29 is 9.90 Å². The lowest BCUT2D eigenvalue weighted by Crippen LogP contribution is -2.37. The van der Waals surface area contributed by atoms with E-state index in [4.69, 9.17) is 5.84 Å². The van der Waals surface area contributed by atoms with Crippen molar-refractivity contribution in [1.82, 2.24) is 5.43 Å². The molecule has 0 aliphatic rings. The summed E-state index contributed by atoms with van der Waals surface area (Å²) in [6, 6.07) is 9.01. The van der Waals surface area contributed by atoms with Crippen LogP contribution >= 0.6 is 0 Å². The van der Waals surface area contributed by atoms with Gasteiger partial charge in [0.05, 0.1) is 12.0 Å². The first-order valence-electron chi connectivity index (χ1n) is 4.40. The van der Waals surface area contributed by atoms with Crippen molar-refractivity contribution in [1.29, 1.82) is 0 Å². The molecule has 0 aromatic heterocycles. The first kappa shape index (κ1) is 10.7. The van der Waals surface area contributed by atoms with Crippen molar-refractivity contribution in [3.63, 3.8) is 0 Å². The Kier molecular flexibility index (Phi) is 3.62. The Bertz CT molecular complexity index is 300. The van der Waals surface area contributed by atoms with E-state index in [0.717, 1.165) is 0 Å². The Morgan fingerprint density at radius 3 is 2.50 bits per heavy atom. The highest BCUT2D eigenvalue weighted by molar-refractivity contribution is 5.78.